The van der Waals surface area contributed by atoms with E-state index in [-0.39, 0.29) is 11.7 Å². The van der Waals surface area contributed by atoms with Crippen LogP contribution in [-0.2, 0) is 0 Å². The van der Waals surface area contributed by atoms with Gasteiger partial charge in [0.05, 0.1) is 0 Å². The maximum Gasteiger partial charge on any atom is 0.253 e. The molecule has 0 aliphatic carbocycles. The molecule has 0 atom stereocenters. The average Bonchev–Trinajstić information content (AvgIpc) is 2.38. The fourth-order valence-electron chi connectivity index (χ4n) is 2.18. The first kappa shape index (κ1) is 12.0. The number of halogens is 1. The van der Waals surface area contributed by atoms with E-state index in [0.29, 0.717) is 11.6 Å². The lowest BCUT2D eigenvalue weighted by molar-refractivity contribution is 0.0707. The Bertz CT molecular complexity index is 400. The van der Waals surface area contributed by atoms with Crippen molar-refractivity contribution in [2.75, 3.05) is 20.1 Å². The highest BCUT2D eigenvalue weighted by molar-refractivity contribution is 5.94. The van der Waals surface area contributed by atoms with Crippen LogP contribution < -0.4 is 5.32 Å². The van der Waals surface area contributed by atoms with Crippen LogP contribution in [0.2, 0.25) is 0 Å². The minimum atomic E-state index is -0.360. The second-order valence-corrected chi connectivity index (χ2v) is 4.37. The van der Waals surface area contributed by atoms with E-state index in [1.807, 2.05) is 7.05 Å². The van der Waals surface area contributed by atoms with Crippen molar-refractivity contribution < 1.29 is 9.18 Å². The van der Waals surface area contributed by atoms with Crippen molar-refractivity contribution in [2.24, 2.45) is 0 Å². The fraction of sp³-hybridized carbons (Fsp3) is 0.462. The van der Waals surface area contributed by atoms with E-state index < -0.39 is 0 Å². The Balaban J connectivity index is 2.02. The molecular formula is C13H17FN2O. The van der Waals surface area contributed by atoms with Crippen LogP contribution in [0.5, 0.6) is 0 Å². The molecule has 0 aromatic heterocycles. The van der Waals surface area contributed by atoms with Gasteiger partial charge in [0.2, 0.25) is 0 Å². The number of carbonyl (C=O) groups excluding carboxylic acids is 1. The Labute approximate surface area is 101 Å². The predicted molar refractivity (Wildman–Crippen MR) is 64.4 cm³/mol. The molecule has 1 N–H and O–H groups in total. The van der Waals surface area contributed by atoms with Crippen molar-refractivity contribution in [3.05, 3.63) is 35.6 Å². The van der Waals surface area contributed by atoms with Gasteiger partial charge in [-0.1, -0.05) is 6.07 Å². The van der Waals surface area contributed by atoms with E-state index in [1.54, 1.807) is 17.0 Å². The lowest BCUT2D eigenvalue weighted by atomic mass is 10.0. The molecule has 1 fully saturated rings. The third kappa shape index (κ3) is 2.82. The molecule has 0 bridgehead atoms. The van der Waals surface area contributed by atoms with Gasteiger partial charge < -0.3 is 10.2 Å². The second-order valence-electron chi connectivity index (χ2n) is 4.37. The lowest BCUT2D eigenvalue weighted by Crippen LogP contribution is -2.43. The molecule has 17 heavy (non-hydrogen) atoms. The number of piperidine rings is 1. The van der Waals surface area contributed by atoms with Crippen molar-refractivity contribution in [1.29, 1.82) is 0 Å². The molecule has 0 spiro atoms. The van der Waals surface area contributed by atoms with Crippen LogP contribution in [0.15, 0.2) is 24.3 Å². The Hall–Kier alpha value is -1.42. The van der Waals surface area contributed by atoms with Crippen LogP contribution in [0.3, 0.4) is 0 Å². The van der Waals surface area contributed by atoms with Crippen LogP contribution in [0, 0.1) is 5.82 Å². The Kier molecular flexibility index (Phi) is 3.74. The van der Waals surface area contributed by atoms with Crippen LogP contribution >= 0.6 is 0 Å². The summed E-state index contributed by atoms with van der Waals surface area (Å²) in [6, 6.07) is 6.38. The van der Waals surface area contributed by atoms with E-state index >= 15 is 0 Å². The number of likely N-dealkylation sites (tertiary alicyclic amines) is 1. The van der Waals surface area contributed by atoms with E-state index in [4.69, 9.17) is 0 Å². The average molecular weight is 236 g/mol. The summed E-state index contributed by atoms with van der Waals surface area (Å²) in [5.41, 5.74) is 0.438. The highest BCUT2D eigenvalue weighted by Gasteiger charge is 2.22. The van der Waals surface area contributed by atoms with Gasteiger partial charge in [-0.15, -0.1) is 0 Å². The number of nitrogens with one attached hydrogen (secondary N) is 1. The van der Waals surface area contributed by atoms with E-state index in [1.165, 1.54) is 12.1 Å². The molecule has 1 amide bonds. The van der Waals surface area contributed by atoms with Gasteiger partial charge in [0.1, 0.15) is 5.82 Å². The number of rotatable bonds is 2. The minimum Gasteiger partial charge on any atom is -0.339 e. The quantitative estimate of drug-likeness (QED) is 0.846. The standard InChI is InChI=1S/C13H17FN2O/c1-15-12-5-7-16(8-6-12)13(17)10-3-2-4-11(14)9-10/h2-4,9,12,15H,5-8H2,1H3. The van der Waals surface area contributed by atoms with E-state index in [9.17, 15) is 9.18 Å². The molecule has 92 valence electrons. The first-order valence-corrected chi connectivity index (χ1v) is 5.93. The number of nitrogens with zero attached hydrogens (tertiary/aromatic N) is 1. The predicted octanol–water partition coefficient (Wildman–Crippen LogP) is 1.65. The summed E-state index contributed by atoms with van der Waals surface area (Å²) < 4.78 is 13.0. The number of carbonyl (C=O) groups is 1. The molecule has 1 heterocycles. The number of hydrogen-bond acceptors (Lipinski definition) is 2. The van der Waals surface area contributed by atoms with Crippen LogP contribution in [0.4, 0.5) is 4.39 Å². The van der Waals surface area contributed by atoms with Gasteiger partial charge in [-0.2, -0.15) is 0 Å². The molecule has 1 aromatic carbocycles. The van der Waals surface area contributed by atoms with Crippen LogP contribution in [0.1, 0.15) is 23.2 Å². The molecule has 1 aliphatic rings. The monoisotopic (exact) mass is 236 g/mol. The third-order valence-electron chi connectivity index (χ3n) is 3.26. The molecule has 2 rings (SSSR count). The van der Waals surface area contributed by atoms with Crippen molar-refractivity contribution >= 4 is 5.91 Å². The molecular weight excluding hydrogens is 219 g/mol. The zero-order valence-corrected chi connectivity index (χ0v) is 9.95. The summed E-state index contributed by atoms with van der Waals surface area (Å²) in [7, 11) is 1.94. The minimum absolute atomic E-state index is 0.0703. The normalized spacial score (nSPS) is 17.2. The first-order chi connectivity index (χ1) is 8.20. The lowest BCUT2D eigenvalue weighted by Gasteiger charge is -2.31. The number of amides is 1. The highest BCUT2D eigenvalue weighted by atomic mass is 19.1. The van der Waals surface area contributed by atoms with Gasteiger partial charge >= 0.3 is 0 Å². The van der Waals surface area contributed by atoms with Gasteiger partial charge in [0.15, 0.2) is 0 Å². The van der Waals surface area contributed by atoms with Gasteiger partial charge in [-0.25, -0.2) is 4.39 Å². The molecule has 3 nitrogen and oxygen atoms in total. The van der Waals surface area contributed by atoms with E-state index in [2.05, 4.69) is 5.32 Å². The Morgan fingerprint density at radius 3 is 2.71 bits per heavy atom. The van der Waals surface area contributed by atoms with Crippen LogP contribution in [-0.4, -0.2) is 37.0 Å². The Morgan fingerprint density at radius 1 is 1.41 bits per heavy atom. The molecule has 0 unspecified atom stereocenters. The first-order valence-electron chi connectivity index (χ1n) is 5.93. The van der Waals surface area contributed by atoms with Gasteiger partial charge in [0, 0.05) is 24.7 Å². The maximum absolute atomic E-state index is 13.0. The zero-order chi connectivity index (χ0) is 12.3. The molecule has 1 aromatic rings. The molecule has 1 aliphatic heterocycles. The Morgan fingerprint density at radius 2 is 2.12 bits per heavy atom. The van der Waals surface area contributed by atoms with Crippen molar-refractivity contribution in [3.8, 4) is 0 Å². The second kappa shape index (κ2) is 5.27. The summed E-state index contributed by atoms with van der Waals surface area (Å²) in [5, 5.41) is 3.21. The highest BCUT2D eigenvalue weighted by Crippen LogP contribution is 2.14. The summed E-state index contributed by atoms with van der Waals surface area (Å²) in [6.07, 6.45) is 1.91. The maximum atomic E-state index is 13.0. The number of benzene rings is 1. The molecule has 0 saturated carbocycles. The topological polar surface area (TPSA) is 32.3 Å². The van der Waals surface area contributed by atoms with Gasteiger partial charge in [-0.05, 0) is 38.1 Å². The fourth-order valence-corrected chi connectivity index (χ4v) is 2.18. The van der Waals surface area contributed by atoms with Crippen molar-refractivity contribution in [1.82, 2.24) is 10.2 Å². The largest absolute Gasteiger partial charge is 0.339 e. The summed E-state index contributed by atoms with van der Waals surface area (Å²) in [6.45, 7) is 1.47. The molecule has 4 heteroatoms. The van der Waals surface area contributed by atoms with Gasteiger partial charge in [0.25, 0.3) is 5.91 Å². The van der Waals surface area contributed by atoms with E-state index in [0.717, 1.165) is 25.9 Å². The van der Waals surface area contributed by atoms with Crippen molar-refractivity contribution in [2.45, 2.75) is 18.9 Å². The van der Waals surface area contributed by atoms with Gasteiger partial charge in [-0.3, -0.25) is 4.79 Å². The summed E-state index contributed by atoms with van der Waals surface area (Å²) in [4.78, 5) is 13.9. The third-order valence-corrected chi connectivity index (χ3v) is 3.26. The van der Waals surface area contributed by atoms with Crippen molar-refractivity contribution in [3.63, 3.8) is 0 Å². The number of hydrogen-bond donors (Lipinski definition) is 1. The summed E-state index contributed by atoms with van der Waals surface area (Å²) >= 11 is 0. The smallest absolute Gasteiger partial charge is 0.253 e. The van der Waals surface area contributed by atoms with Crippen LogP contribution in [0.25, 0.3) is 0 Å². The molecule has 0 radical (unpaired) electrons. The SMILES string of the molecule is CNC1CCN(C(=O)c2cccc(F)c2)CC1. The molecule has 1 saturated heterocycles. The zero-order valence-electron chi connectivity index (χ0n) is 9.95. The summed E-state index contributed by atoms with van der Waals surface area (Å²) in [5.74, 6) is -0.431.